The third-order valence-corrected chi connectivity index (χ3v) is 3.47. The SMILES string of the molecule is CCOC1CCN(c2cnccc2C(N)=S)CC1. The van der Waals surface area contributed by atoms with Crippen LogP contribution in [0.1, 0.15) is 25.3 Å². The van der Waals surface area contributed by atoms with Gasteiger partial charge in [-0.25, -0.2) is 0 Å². The zero-order valence-corrected chi connectivity index (χ0v) is 11.4. The van der Waals surface area contributed by atoms with Crippen molar-refractivity contribution in [2.75, 3.05) is 24.6 Å². The Labute approximate surface area is 113 Å². The van der Waals surface area contributed by atoms with Gasteiger partial charge in [0.25, 0.3) is 0 Å². The van der Waals surface area contributed by atoms with Crippen LogP contribution in [0.5, 0.6) is 0 Å². The molecular weight excluding hydrogens is 246 g/mol. The topological polar surface area (TPSA) is 51.4 Å². The highest BCUT2D eigenvalue weighted by atomic mass is 32.1. The summed E-state index contributed by atoms with van der Waals surface area (Å²) in [5.41, 5.74) is 7.70. The lowest BCUT2D eigenvalue weighted by Crippen LogP contribution is -2.38. The molecule has 5 heteroatoms. The van der Waals surface area contributed by atoms with Gasteiger partial charge in [-0.3, -0.25) is 4.98 Å². The monoisotopic (exact) mass is 265 g/mol. The molecule has 98 valence electrons. The van der Waals surface area contributed by atoms with Gasteiger partial charge in [0.05, 0.1) is 18.0 Å². The van der Waals surface area contributed by atoms with Crippen LogP contribution in [0.15, 0.2) is 18.5 Å². The summed E-state index contributed by atoms with van der Waals surface area (Å²) in [6.45, 7) is 4.76. The Morgan fingerprint density at radius 1 is 1.56 bits per heavy atom. The molecule has 4 nitrogen and oxygen atoms in total. The molecule has 0 aromatic carbocycles. The second-order valence-corrected chi connectivity index (χ2v) is 4.84. The Hall–Kier alpha value is -1.20. The van der Waals surface area contributed by atoms with E-state index >= 15 is 0 Å². The fourth-order valence-corrected chi connectivity index (χ4v) is 2.52. The fourth-order valence-electron chi connectivity index (χ4n) is 2.35. The zero-order valence-electron chi connectivity index (χ0n) is 10.6. The maximum absolute atomic E-state index is 5.75. The number of piperidine rings is 1. The molecule has 0 aliphatic carbocycles. The quantitative estimate of drug-likeness (QED) is 0.840. The van der Waals surface area contributed by atoms with Gasteiger partial charge in [0.2, 0.25) is 0 Å². The summed E-state index contributed by atoms with van der Waals surface area (Å²) in [5.74, 6) is 0. The van der Waals surface area contributed by atoms with E-state index in [-0.39, 0.29) is 0 Å². The second-order valence-electron chi connectivity index (χ2n) is 4.40. The lowest BCUT2D eigenvalue weighted by atomic mass is 10.1. The van der Waals surface area contributed by atoms with Crippen LogP contribution >= 0.6 is 12.2 Å². The number of hydrogen-bond donors (Lipinski definition) is 1. The maximum Gasteiger partial charge on any atom is 0.106 e. The van der Waals surface area contributed by atoms with Crippen molar-refractivity contribution < 1.29 is 4.74 Å². The molecular formula is C13H19N3OS. The Kier molecular flexibility index (Phi) is 4.49. The van der Waals surface area contributed by atoms with Gasteiger partial charge in [0.1, 0.15) is 4.99 Å². The predicted molar refractivity (Wildman–Crippen MR) is 77.0 cm³/mol. The highest BCUT2D eigenvalue weighted by Gasteiger charge is 2.21. The largest absolute Gasteiger partial charge is 0.389 e. The van der Waals surface area contributed by atoms with Crippen molar-refractivity contribution in [1.29, 1.82) is 0 Å². The van der Waals surface area contributed by atoms with E-state index in [1.165, 1.54) is 0 Å². The summed E-state index contributed by atoms with van der Waals surface area (Å²) < 4.78 is 5.65. The smallest absolute Gasteiger partial charge is 0.106 e. The Balaban J connectivity index is 2.07. The van der Waals surface area contributed by atoms with Gasteiger partial charge in [-0.05, 0) is 25.8 Å². The zero-order chi connectivity index (χ0) is 13.0. The average Bonchev–Trinajstić information content (AvgIpc) is 2.40. The van der Waals surface area contributed by atoms with E-state index in [0.29, 0.717) is 11.1 Å². The van der Waals surface area contributed by atoms with E-state index in [2.05, 4.69) is 9.88 Å². The van der Waals surface area contributed by atoms with E-state index in [9.17, 15) is 0 Å². The Bertz CT molecular complexity index is 416. The Morgan fingerprint density at radius 3 is 2.89 bits per heavy atom. The number of nitrogens with two attached hydrogens (primary N) is 1. The van der Waals surface area contributed by atoms with E-state index in [1.807, 2.05) is 19.2 Å². The van der Waals surface area contributed by atoms with Crippen molar-refractivity contribution in [2.45, 2.75) is 25.9 Å². The van der Waals surface area contributed by atoms with E-state index in [4.69, 9.17) is 22.7 Å². The van der Waals surface area contributed by atoms with E-state index in [0.717, 1.165) is 43.8 Å². The van der Waals surface area contributed by atoms with E-state index in [1.54, 1.807) is 6.20 Å². The van der Waals surface area contributed by atoms with Gasteiger partial charge >= 0.3 is 0 Å². The lowest BCUT2D eigenvalue weighted by molar-refractivity contribution is 0.0459. The lowest BCUT2D eigenvalue weighted by Gasteiger charge is -2.34. The molecule has 2 heterocycles. The van der Waals surface area contributed by atoms with Crippen LogP contribution in [0.3, 0.4) is 0 Å². The second kappa shape index (κ2) is 6.11. The summed E-state index contributed by atoms with van der Waals surface area (Å²) in [6.07, 6.45) is 6.04. The summed E-state index contributed by atoms with van der Waals surface area (Å²) in [5, 5.41) is 0. The molecule has 1 saturated heterocycles. The average molecular weight is 265 g/mol. The van der Waals surface area contributed by atoms with Crippen LogP contribution in [-0.2, 0) is 4.74 Å². The predicted octanol–water partition coefficient (Wildman–Crippen LogP) is 1.72. The van der Waals surface area contributed by atoms with Crippen molar-refractivity contribution in [3.63, 3.8) is 0 Å². The van der Waals surface area contributed by atoms with Gasteiger partial charge in [-0.1, -0.05) is 12.2 Å². The fraction of sp³-hybridized carbons (Fsp3) is 0.538. The molecule has 0 saturated carbocycles. The summed E-state index contributed by atoms with van der Waals surface area (Å²) >= 11 is 5.08. The number of thiocarbonyl (C=S) groups is 1. The molecule has 0 unspecified atom stereocenters. The van der Waals surface area contributed by atoms with Gasteiger partial charge in [0.15, 0.2) is 0 Å². The molecule has 0 amide bonds. The normalized spacial score (nSPS) is 16.8. The van der Waals surface area contributed by atoms with E-state index < -0.39 is 0 Å². The first-order valence-electron chi connectivity index (χ1n) is 6.32. The number of aromatic nitrogens is 1. The minimum absolute atomic E-state index is 0.385. The maximum atomic E-state index is 5.75. The summed E-state index contributed by atoms with van der Waals surface area (Å²) in [6, 6.07) is 1.88. The number of anilines is 1. The molecule has 0 atom stereocenters. The van der Waals surface area contributed by atoms with Crippen LogP contribution in [0.25, 0.3) is 0 Å². The summed E-state index contributed by atoms with van der Waals surface area (Å²) in [7, 11) is 0. The number of nitrogens with zero attached hydrogens (tertiary/aromatic N) is 2. The highest BCUT2D eigenvalue weighted by molar-refractivity contribution is 7.80. The van der Waals surface area contributed by atoms with Crippen molar-refractivity contribution in [3.8, 4) is 0 Å². The highest BCUT2D eigenvalue weighted by Crippen LogP contribution is 2.24. The number of rotatable bonds is 4. The van der Waals surface area contributed by atoms with Crippen LogP contribution < -0.4 is 10.6 Å². The summed E-state index contributed by atoms with van der Waals surface area (Å²) in [4.78, 5) is 6.89. The van der Waals surface area contributed by atoms with Crippen LogP contribution in [0, 0.1) is 0 Å². The molecule has 1 aliphatic heterocycles. The van der Waals surface area contributed by atoms with Gasteiger partial charge in [0, 0.05) is 31.5 Å². The van der Waals surface area contributed by atoms with Crippen molar-refractivity contribution in [3.05, 3.63) is 24.0 Å². The molecule has 1 fully saturated rings. The van der Waals surface area contributed by atoms with Crippen molar-refractivity contribution in [1.82, 2.24) is 4.98 Å². The molecule has 2 N–H and O–H groups in total. The molecule has 1 aliphatic rings. The molecule has 0 radical (unpaired) electrons. The third-order valence-electron chi connectivity index (χ3n) is 3.25. The first kappa shape index (κ1) is 13.2. The molecule has 0 spiro atoms. The minimum Gasteiger partial charge on any atom is -0.389 e. The first-order chi connectivity index (χ1) is 8.72. The molecule has 1 aromatic rings. The molecule has 2 rings (SSSR count). The molecule has 0 bridgehead atoms. The standard InChI is InChI=1S/C13H19N3OS/c1-2-17-10-4-7-16(8-5-10)12-9-15-6-3-11(12)13(14)18/h3,6,9-10H,2,4-5,7-8H2,1H3,(H2,14,18). The van der Waals surface area contributed by atoms with Gasteiger partial charge in [-0.2, -0.15) is 0 Å². The number of pyridine rings is 1. The van der Waals surface area contributed by atoms with Crippen molar-refractivity contribution >= 4 is 22.9 Å². The first-order valence-corrected chi connectivity index (χ1v) is 6.73. The van der Waals surface area contributed by atoms with Crippen LogP contribution in [0.4, 0.5) is 5.69 Å². The van der Waals surface area contributed by atoms with Gasteiger partial charge < -0.3 is 15.4 Å². The Morgan fingerprint density at radius 2 is 2.28 bits per heavy atom. The van der Waals surface area contributed by atoms with Gasteiger partial charge in [-0.15, -0.1) is 0 Å². The molecule has 18 heavy (non-hydrogen) atoms. The number of ether oxygens (including phenoxy) is 1. The van der Waals surface area contributed by atoms with Crippen LogP contribution in [-0.4, -0.2) is 35.8 Å². The van der Waals surface area contributed by atoms with Crippen molar-refractivity contribution in [2.24, 2.45) is 5.73 Å². The van der Waals surface area contributed by atoms with Crippen LogP contribution in [0.2, 0.25) is 0 Å². The minimum atomic E-state index is 0.385. The molecule has 1 aromatic heterocycles. The third kappa shape index (κ3) is 2.97. The number of hydrogen-bond acceptors (Lipinski definition) is 4.